The summed E-state index contributed by atoms with van der Waals surface area (Å²) in [6.45, 7) is 0.902. The molecule has 5 heteroatoms. The number of thioether (sulfide) groups is 1. The number of imidazole rings is 1. The van der Waals surface area contributed by atoms with E-state index in [0.717, 1.165) is 24.0 Å². The average Bonchev–Trinajstić information content (AvgIpc) is 2.64. The highest BCUT2D eigenvalue weighted by Crippen LogP contribution is 2.16. The Morgan fingerprint density at radius 2 is 2.17 bits per heavy atom. The van der Waals surface area contributed by atoms with Crippen molar-refractivity contribution in [1.29, 1.82) is 0 Å². The molecule has 0 atom stereocenters. The summed E-state index contributed by atoms with van der Waals surface area (Å²) in [6.07, 6.45) is 5.69. The Kier molecular flexibility index (Phi) is 4.83. The largest absolute Gasteiger partial charge is 0.330 e. The molecule has 1 aromatic carbocycles. The van der Waals surface area contributed by atoms with E-state index in [1.807, 2.05) is 11.8 Å². The lowest BCUT2D eigenvalue weighted by atomic mass is 10.2. The van der Waals surface area contributed by atoms with Crippen LogP contribution in [0, 0.1) is 10.6 Å². The number of unbranched alkanes of at least 4 members (excludes halogenated alkanes) is 2. The molecule has 1 aromatic heterocycles. The van der Waals surface area contributed by atoms with E-state index < -0.39 is 0 Å². The summed E-state index contributed by atoms with van der Waals surface area (Å²) in [5.41, 5.74) is 1.77. The first-order valence-electron chi connectivity index (χ1n) is 6.09. The molecule has 0 unspecified atom stereocenters. The predicted molar refractivity (Wildman–Crippen MR) is 79.3 cm³/mol. The zero-order chi connectivity index (χ0) is 13.0. The molecule has 0 aliphatic heterocycles. The van der Waals surface area contributed by atoms with Crippen molar-refractivity contribution in [3.63, 3.8) is 0 Å². The molecule has 0 saturated carbocycles. The molecule has 0 aliphatic carbocycles. The van der Waals surface area contributed by atoms with Crippen LogP contribution in [0.2, 0.25) is 0 Å². The number of aromatic amines is 1. The van der Waals surface area contributed by atoms with Gasteiger partial charge in [0.25, 0.3) is 0 Å². The molecular formula is C13H17FN2S2. The summed E-state index contributed by atoms with van der Waals surface area (Å²) in [4.78, 5) is 3.05. The smallest absolute Gasteiger partial charge is 0.178 e. The highest BCUT2D eigenvalue weighted by molar-refractivity contribution is 7.98. The summed E-state index contributed by atoms with van der Waals surface area (Å²) in [5, 5.41) is 0. The number of benzene rings is 1. The van der Waals surface area contributed by atoms with Crippen molar-refractivity contribution in [2.24, 2.45) is 0 Å². The summed E-state index contributed by atoms with van der Waals surface area (Å²) in [7, 11) is 0. The van der Waals surface area contributed by atoms with Crippen molar-refractivity contribution in [1.82, 2.24) is 9.55 Å². The molecule has 0 aliphatic rings. The third kappa shape index (κ3) is 3.14. The standard InChI is InChI=1S/C13H17FN2S2/c1-18-8-4-2-3-7-16-12-6-5-10(14)9-11(12)15-13(16)17/h5-6,9H,2-4,7-8H2,1H3,(H,15,17). The van der Waals surface area contributed by atoms with E-state index in [0.29, 0.717) is 4.77 Å². The number of rotatable bonds is 6. The molecule has 2 aromatic rings. The number of aryl methyl sites for hydroxylation is 1. The Labute approximate surface area is 116 Å². The zero-order valence-corrected chi connectivity index (χ0v) is 12.0. The van der Waals surface area contributed by atoms with Crippen molar-refractivity contribution in [3.8, 4) is 0 Å². The van der Waals surface area contributed by atoms with E-state index in [4.69, 9.17) is 12.2 Å². The maximum Gasteiger partial charge on any atom is 0.178 e. The van der Waals surface area contributed by atoms with Crippen LogP contribution in [0.3, 0.4) is 0 Å². The molecule has 0 fully saturated rings. The zero-order valence-electron chi connectivity index (χ0n) is 10.4. The van der Waals surface area contributed by atoms with Gasteiger partial charge < -0.3 is 9.55 Å². The predicted octanol–water partition coefficient (Wildman–Crippen LogP) is 4.37. The van der Waals surface area contributed by atoms with Gasteiger partial charge in [-0.3, -0.25) is 0 Å². The third-order valence-corrected chi connectivity index (χ3v) is 3.99. The molecule has 0 saturated heterocycles. The van der Waals surface area contributed by atoms with Crippen molar-refractivity contribution < 1.29 is 4.39 Å². The number of aromatic nitrogens is 2. The quantitative estimate of drug-likeness (QED) is 0.628. The fourth-order valence-electron chi connectivity index (χ4n) is 2.05. The lowest BCUT2D eigenvalue weighted by Gasteiger charge is -2.04. The van der Waals surface area contributed by atoms with Gasteiger partial charge in [0.15, 0.2) is 4.77 Å². The average molecular weight is 284 g/mol. The molecule has 98 valence electrons. The second kappa shape index (κ2) is 6.38. The fourth-order valence-corrected chi connectivity index (χ4v) is 2.84. The number of nitrogens with zero attached hydrogens (tertiary/aromatic N) is 1. The van der Waals surface area contributed by atoms with E-state index >= 15 is 0 Å². The van der Waals surface area contributed by atoms with Gasteiger partial charge >= 0.3 is 0 Å². The van der Waals surface area contributed by atoms with Crippen LogP contribution in [0.5, 0.6) is 0 Å². The first-order chi connectivity index (χ1) is 8.72. The van der Waals surface area contributed by atoms with Crippen LogP contribution in [0.25, 0.3) is 11.0 Å². The maximum absolute atomic E-state index is 13.1. The van der Waals surface area contributed by atoms with Gasteiger partial charge in [-0.15, -0.1) is 0 Å². The van der Waals surface area contributed by atoms with Gasteiger partial charge in [-0.2, -0.15) is 11.8 Å². The van der Waals surface area contributed by atoms with Gasteiger partial charge in [0, 0.05) is 6.54 Å². The van der Waals surface area contributed by atoms with Gasteiger partial charge in [0.1, 0.15) is 5.82 Å². The van der Waals surface area contributed by atoms with Crippen LogP contribution in [0.1, 0.15) is 19.3 Å². The molecule has 0 bridgehead atoms. The van der Waals surface area contributed by atoms with Gasteiger partial charge in [0.05, 0.1) is 11.0 Å². The minimum atomic E-state index is -0.231. The van der Waals surface area contributed by atoms with E-state index in [1.54, 1.807) is 6.07 Å². The minimum Gasteiger partial charge on any atom is -0.330 e. The highest BCUT2D eigenvalue weighted by Gasteiger charge is 2.04. The number of nitrogens with one attached hydrogen (secondary N) is 1. The number of H-pyrrole nitrogens is 1. The Hall–Kier alpha value is -0.810. The van der Waals surface area contributed by atoms with Gasteiger partial charge in [-0.05, 0) is 55.3 Å². The van der Waals surface area contributed by atoms with Crippen molar-refractivity contribution in [2.45, 2.75) is 25.8 Å². The fraction of sp³-hybridized carbons (Fsp3) is 0.462. The first-order valence-corrected chi connectivity index (χ1v) is 7.89. The van der Waals surface area contributed by atoms with Crippen LogP contribution < -0.4 is 0 Å². The lowest BCUT2D eigenvalue weighted by molar-refractivity contribution is 0.610. The lowest BCUT2D eigenvalue weighted by Crippen LogP contribution is -1.98. The van der Waals surface area contributed by atoms with Crippen LogP contribution in [-0.2, 0) is 6.54 Å². The second-order valence-corrected chi connectivity index (χ2v) is 5.67. The summed E-state index contributed by atoms with van der Waals surface area (Å²) in [5.74, 6) is 0.982. The summed E-state index contributed by atoms with van der Waals surface area (Å²) < 4.78 is 15.8. The molecule has 2 rings (SSSR count). The minimum absolute atomic E-state index is 0.231. The number of halogens is 1. The van der Waals surface area contributed by atoms with E-state index in [1.165, 1.54) is 30.7 Å². The highest BCUT2D eigenvalue weighted by atomic mass is 32.2. The SMILES string of the molecule is CSCCCCCn1c(=S)[nH]c2cc(F)ccc21. The van der Waals surface area contributed by atoms with Crippen LogP contribution in [-0.4, -0.2) is 21.6 Å². The van der Waals surface area contributed by atoms with E-state index in [2.05, 4.69) is 15.8 Å². The molecule has 0 amide bonds. The molecule has 18 heavy (non-hydrogen) atoms. The molecule has 1 N–H and O–H groups in total. The van der Waals surface area contributed by atoms with Crippen molar-refractivity contribution >= 4 is 35.0 Å². The monoisotopic (exact) mass is 284 g/mol. The van der Waals surface area contributed by atoms with E-state index in [-0.39, 0.29) is 5.82 Å². The Balaban J connectivity index is 2.08. The number of hydrogen-bond acceptors (Lipinski definition) is 2. The first kappa shape index (κ1) is 13.6. The van der Waals surface area contributed by atoms with Crippen LogP contribution in [0.15, 0.2) is 18.2 Å². The van der Waals surface area contributed by atoms with E-state index in [9.17, 15) is 4.39 Å². The Morgan fingerprint density at radius 1 is 1.33 bits per heavy atom. The Bertz CT molecular complexity index is 574. The van der Waals surface area contributed by atoms with Crippen LogP contribution in [0.4, 0.5) is 4.39 Å². The third-order valence-electron chi connectivity index (χ3n) is 2.97. The summed E-state index contributed by atoms with van der Waals surface area (Å²) in [6, 6.07) is 4.77. The van der Waals surface area contributed by atoms with Crippen molar-refractivity contribution in [2.75, 3.05) is 12.0 Å². The van der Waals surface area contributed by atoms with Gasteiger partial charge in [0.2, 0.25) is 0 Å². The summed E-state index contributed by atoms with van der Waals surface area (Å²) >= 11 is 7.16. The normalized spacial score (nSPS) is 11.2. The van der Waals surface area contributed by atoms with Crippen molar-refractivity contribution in [3.05, 3.63) is 28.8 Å². The Morgan fingerprint density at radius 3 is 2.94 bits per heavy atom. The number of fused-ring (bicyclic) bond motifs is 1. The molecule has 0 spiro atoms. The van der Waals surface area contributed by atoms with Gasteiger partial charge in [-0.25, -0.2) is 4.39 Å². The van der Waals surface area contributed by atoms with Crippen LogP contribution >= 0.6 is 24.0 Å². The molecular weight excluding hydrogens is 267 g/mol. The molecule has 0 radical (unpaired) electrons. The molecule has 1 heterocycles. The number of hydrogen-bond donors (Lipinski definition) is 1. The molecule has 2 nitrogen and oxygen atoms in total. The van der Waals surface area contributed by atoms with Gasteiger partial charge in [-0.1, -0.05) is 6.42 Å². The second-order valence-electron chi connectivity index (χ2n) is 4.30. The maximum atomic E-state index is 13.1. The topological polar surface area (TPSA) is 20.7 Å².